The number of rotatable bonds is 4. The number of nitrogens with two attached hydrogens (primary N) is 1. The molecule has 0 aromatic heterocycles. The highest BCUT2D eigenvalue weighted by molar-refractivity contribution is 7.80. The maximum absolute atomic E-state index is 11.3. The molecule has 0 radical (unpaired) electrons. The van der Waals surface area contributed by atoms with Crippen molar-refractivity contribution in [3.8, 4) is 0 Å². The van der Waals surface area contributed by atoms with Gasteiger partial charge in [0, 0.05) is 5.75 Å². The van der Waals surface area contributed by atoms with E-state index >= 15 is 0 Å². The number of thiol groups is 1. The van der Waals surface area contributed by atoms with Crippen LogP contribution in [0.3, 0.4) is 0 Å². The molecule has 0 fully saturated rings. The van der Waals surface area contributed by atoms with Crippen LogP contribution in [0.1, 0.15) is 13.3 Å². The molecular formula is C9H12N2O4S. The Morgan fingerprint density at radius 1 is 1.50 bits per heavy atom. The van der Waals surface area contributed by atoms with E-state index < -0.39 is 23.8 Å². The number of carbonyl (C=O) groups excluding carboxylic acids is 3. The molecule has 1 heterocycles. The molecule has 0 aromatic rings. The second-order valence-electron chi connectivity index (χ2n) is 3.15. The molecule has 2 amide bonds. The fourth-order valence-electron chi connectivity index (χ4n) is 1.16. The Balaban J connectivity index is 2.86. The molecule has 1 unspecified atom stereocenters. The number of ether oxygens (including phenoxy) is 1. The number of esters is 1. The number of carbonyl (C=O) groups is 3. The van der Waals surface area contributed by atoms with Crippen molar-refractivity contribution in [1.82, 2.24) is 5.32 Å². The molecule has 1 atom stereocenters. The fraction of sp³-hybridized carbons (Fsp3) is 0.444. The quantitative estimate of drug-likeness (QED) is 0.338. The maximum atomic E-state index is 11.3. The lowest BCUT2D eigenvalue weighted by Crippen LogP contribution is -2.35. The Bertz CT molecular complexity index is 378. The van der Waals surface area contributed by atoms with Gasteiger partial charge in [-0.2, -0.15) is 12.6 Å². The Hall–Kier alpha value is -1.34. The second kappa shape index (κ2) is 5.13. The summed E-state index contributed by atoms with van der Waals surface area (Å²) >= 11 is 3.83. The van der Waals surface area contributed by atoms with E-state index in [1.54, 1.807) is 6.92 Å². The summed E-state index contributed by atoms with van der Waals surface area (Å²) in [6.45, 7) is 1.68. The van der Waals surface area contributed by atoms with Gasteiger partial charge in [-0.3, -0.25) is 14.9 Å². The molecule has 0 spiro atoms. The predicted molar refractivity (Wildman–Crippen MR) is 58.4 cm³/mol. The first-order valence-electron chi connectivity index (χ1n) is 4.68. The number of nitrogens with one attached hydrogen (secondary N) is 1. The molecule has 0 saturated heterocycles. The lowest BCUT2D eigenvalue weighted by molar-refractivity contribution is -0.143. The number of amides is 2. The smallest absolute Gasteiger partial charge is 0.329 e. The van der Waals surface area contributed by atoms with Gasteiger partial charge in [-0.05, 0) is 6.42 Å². The highest BCUT2D eigenvalue weighted by Crippen LogP contribution is 2.17. The lowest BCUT2D eigenvalue weighted by atomic mass is 10.2. The van der Waals surface area contributed by atoms with Gasteiger partial charge in [0.2, 0.25) is 5.76 Å². The van der Waals surface area contributed by atoms with Crippen LogP contribution in [0.25, 0.3) is 0 Å². The molecule has 1 rings (SSSR count). The van der Waals surface area contributed by atoms with Gasteiger partial charge in [0.15, 0.2) is 0 Å². The SMILES string of the molecule is CCC1=C(OC(=O)C(N)CS)C(=O)NC1=O. The van der Waals surface area contributed by atoms with E-state index in [4.69, 9.17) is 10.5 Å². The summed E-state index contributed by atoms with van der Waals surface area (Å²) in [6, 6.07) is -0.919. The summed E-state index contributed by atoms with van der Waals surface area (Å²) in [7, 11) is 0. The van der Waals surface area contributed by atoms with Crippen LogP contribution in [-0.2, 0) is 19.1 Å². The highest BCUT2D eigenvalue weighted by atomic mass is 32.1. The first-order chi connectivity index (χ1) is 7.51. The Kier molecular flexibility index (Phi) is 4.08. The van der Waals surface area contributed by atoms with Gasteiger partial charge < -0.3 is 10.5 Å². The Labute approximate surface area is 97.6 Å². The molecule has 1 aliphatic heterocycles. The van der Waals surface area contributed by atoms with Gasteiger partial charge in [0.25, 0.3) is 11.8 Å². The molecule has 0 saturated carbocycles. The van der Waals surface area contributed by atoms with Crippen molar-refractivity contribution < 1.29 is 19.1 Å². The zero-order chi connectivity index (χ0) is 12.3. The van der Waals surface area contributed by atoms with E-state index in [0.29, 0.717) is 6.42 Å². The molecule has 3 N–H and O–H groups in total. The summed E-state index contributed by atoms with van der Waals surface area (Å²) in [6.07, 6.45) is 0.302. The molecule has 88 valence electrons. The average molecular weight is 244 g/mol. The molecule has 16 heavy (non-hydrogen) atoms. The van der Waals surface area contributed by atoms with Crippen LogP contribution in [0.4, 0.5) is 0 Å². The standard InChI is InChI=1S/C9H12N2O4S/c1-2-4-6(8(13)11-7(4)12)15-9(14)5(10)3-16/h5,16H,2-3,10H2,1H3,(H,11,12,13). The van der Waals surface area contributed by atoms with Crippen LogP contribution in [0.15, 0.2) is 11.3 Å². The molecule has 6 nitrogen and oxygen atoms in total. The molecule has 0 aromatic carbocycles. The van der Waals surface area contributed by atoms with Gasteiger partial charge in [0.05, 0.1) is 5.57 Å². The third-order valence-corrected chi connectivity index (χ3v) is 2.43. The van der Waals surface area contributed by atoms with Crippen molar-refractivity contribution in [2.75, 3.05) is 5.75 Å². The minimum Gasteiger partial charge on any atom is -0.419 e. The van der Waals surface area contributed by atoms with Crippen LogP contribution in [0.5, 0.6) is 0 Å². The third-order valence-electron chi connectivity index (χ3n) is 2.04. The van der Waals surface area contributed by atoms with Crippen molar-refractivity contribution in [2.24, 2.45) is 5.73 Å². The predicted octanol–water partition coefficient (Wildman–Crippen LogP) is -0.893. The summed E-state index contributed by atoms with van der Waals surface area (Å²) in [5, 5.41) is 2.04. The summed E-state index contributed by atoms with van der Waals surface area (Å²) in [5.74, 6) is -2.17. The van der Waals surface area contributed by atoms with Crippen molar-refractivity contribution in [3.05, 3.63) is 11.3 Å². The number of hydrogen-bond acceptors (Lipinski definition) is 6. The fourth-order valence-corrected chi connectivity index (χ4v) is 1.30. The zero-order valence-corrected chi connectivity index (χ0v) is 9.54. The molecule has 0 aliphatic carbocycles. The summed E-state index contributed by atoms with van der Waals surface area (Å²) in [5.41, 5.74) is 5.53. The first kappa shape index (κ1) is 12.7. The minimum atomic E-state index is -0.919. The minimum absolute atomic E-state index is 0.100. The van der Waals surface area contributed by atoms with Crippen LogP contribution in [0.2, 0.25) is 0 Å². The van der Waals surface area contributed by atoms with Crippen LogP contribution < -0.4 is 11.1 Å². The molecule has 7 heteroatoms. The van der Waals surface area contributed by atoms with Gasteiger partial charge in [0.1, 0.15) is 6.04 Å². The van der Waals surface area contributed by atoms with Crippen LogP contribution in [-0.4, -0.2) is 29.6 Å². The van der Waals surface area contributed by atoms with Gasteiger partial charge in [-0.25, -0.2) is 4.79 Å². The lowest BCUT2D eigenvalue weighted by Gasteiger charge is -2.08. The third kappa shape index (κ3) is 2.42. The zero-order valence-electron chi connectivity index (χ0n) is 8.65. The largest absolute Gasteiger partial charge is 0.419 e. The molecule has 0 bridgehead atoms. The van der Waals surface area contributed by atoms with Crippen molar-refractivity contribution >= 4 is 30.4 Å². The topological polar surface area (TPSA) is 98.5 Å². The molecule has 1 aliphatic rings. The van der Waals surface area contributed by atoms with Crippen LogP contribution >= 0.6 is 12.6 Å². The van der Waals surface area contributed by atoms with Crippen molar-refractivity contribution in [1.29, 1.82) is 0 Å². The van der Waals surface area contributed by atoms with Gasteiger partial charge >= 0.3 is 5.97 Å². The van der Waals surface area contributed by atoms with Gasteiger partial charge in [-0.15, -0.1) is 0 Å². The van der Waals surface area contributed by atoms with Gasteiger partial charge in [-0.1, -0.05) is 6.92 Å². The van der Waals surface area contributed by atoms with Crippen molar-refractivity contribution in [3.63, 3.8) is 0 Å². The Morgan fingerprint density at radius 3 is 2.62 bits per heavy atom. The van der Waals surface area contributed by atoms with E-state index in [2.05, 4.69) is 12.6 Å². The normalized spacial score (nSPS) is 17.4. The van der Waals surface area contributed by atoms with E-state index in [1.807, 2.05) is 5.32 Å². The van der Waals surface area contributed by atoms with Crippen LogP contribution in [0, 0.1) is 0 Å². The van der Waals surface area contributed by atoms with Crippen molar-refractivity contribution in [2.45, 2.75) is 19.4 Å². The monoisotopic (exact) mass is 244 g/mol. The summed E-state index contributed by atoms with van der Waals surface area (Å²) in [4.78, 5) is 33.8. The molecular weight excluding hydrogens is 232 g/mol. The average Bonchev–Trinajstić information content (AvgIpc) is 2.52. The maximum Gasteiger partial charge on any atom is 0.329 e. The van der Waals surface area contributed by atoms with E-state index in [0.717, 1.165) is 0 Å². The first-order valence-corrected chi connectivity index (χ1v) is 5.31. The van der Waals surface area contributed by atoms with E-state index in [-0.39, 0.29) is 17.1 Å². The Morgan fingerprint density at radius 2 is 2.12 bits per heavy atom. The van der Waals surface area contributed by atoms with E-state index in [9.17, 15) is 14.4 Å². The number of imide groups is 1. The number of hydrogen-bond donors (Lipinski definition) is 3. The van der Waals surface area contributed by atoms with E-state index in [1.165, 1.54) is 0 Å². The second-order valence-corrected chi connectivity index (χ2v) is 3.52. The summed E-state index contributed by atoms with van der Waals surface area (Å²) < 4.78 is 4.78. The highest BCUT2D eigenvalue weighted by Gasteiger charge is 2.33.